The monoisotopic (exact) mass is 435 g/mol. The molecule has 0 atom stereocenters. The fourth-order valence-electron chi connectivity index (χ4n) is 4.02. The summed E-state index contributed by atoms with van der Waals surface area (Å²) in [5.74, 6) is 1.81. The molecular weight excluding hydrogens is 417 g/mol. The van der Waals surface area contributed by atoms with Crippen LogP contribution in [0.25, 0.3) is 11.3 Å². The Hall–Kier alpha value is -3.53. The molecule has 6 rings (SSSR count). The molecule has 0 fully saturated rings. The molecule has 8 nitrogen and oxygen atoms in total. The molecule has 0 saturated heterocycles. The Labute approximate surface area is 181 Å². The fraction of sp³-hybridized carbons (Fsp3) is 0.238. The molecule has 0 bridgehead atoms. The first kappa shape index (κ1) is 18.3. The highest BCUT2D eigenvalue weighted by atomic mass is 32.1. The lowest BCUT2D eigenvalue weighted by Gasteiger charge is -2.22. The number of nitrogens with one attached hydrogen (secondary N) is 2. The van der Waals surface area contributed by atoms with Gasteiger partial charge >= 0.3 is 0 Å². The Morgan fingerprint density at radius 1 is 1.19 bits per heavy atom. The van der Waals surface area contributed by atoms with Crippen LogP contribution in [0, 0.1) is 5.82 Å². The molecule has 1 aromatic carbocycles. The van der Waals surface area contributed by atoms with Gasteiger partial charge in [0.15, 0.2) is 10.9 Å². The number of rotatable bonds is 4. The maximum Gasteiger partial charge on any atom is 0.229 e. The molecule has 0 aliphatic carbocycles. The second kappa shape index (κ2) is 7.31. The second-order valence-electron chi connectivity index (χ2n) is 7.49. The van der Waals surface area contributed by atoms with Crippen molar-refractivity contribution >= 4 is 28.2 Å². The van der Waals surface area contributed by atoms with Crippen molar-refractivity contribution in [3.8, 4) is 17.0 Å². The largest absolute Gasteiger partial charge is 0.493 e. The van der Waals surface area contributed by atoms with Gasteiger partial charge in [-0.05, 0) is 17.2 Å². The van der Waals surface area contributed by atoms with Gasteiger partial charge in [0.1, 0.15) is 11.6 Å². The number of benzene rings is 1. The van der Waals surface area contributed by atoms with Gasteiger partial charge in [0.2, 0.25) is 5.95 Å². The number of anilines is 3. The number of H-pyrrole nitrogens is 1. The van der Waals surface area contributed by atoms with Crippen molar-refractivity contribution in [1.82, 2.24) is 25.1 Å². The van der Waals surface area contributed by atoms with E-state index in [1.165, 1.54) is 11.1 Å². The number of nitrogens with zero attached hydrogens (tertiary/aromatic N) is 5. The van der Waals surface area contributed by atoms with Crippen LogP contribution >= 0.6 is 11.3 Å². The van der Waals surface area contributed by atoms with Crippen LogP contribution in [-0.2, 0) is 19.4 Å². The van der Waals surface area contributed by atoms with Crippen molar-refractivity contribution in [2.45, 2.75) is 19.4 Å². The van der Waals surface area contributed by atoms with E-state index in [0.29, 0.717) is 11.1 Å². The summed E-state index contributed by atoms with van der Waals surface area (Å²) in [5.41, 5.74) is 4.40. The lowest BCUT2D eigenvalue weighted by atomic mass is 10.1. The van der Waals surface area contributed by atoms with Crippen LogP contribution in [0.4, 0.5) is 21.3 Å². The van der Waals surface area contributed by atoms with E-state index in [2.05, 4.69) is 48.6 Å². The van der Waals surface area contributed by atoms with Gasteiger partial charge in [0, 0.05) is 30.8 Å². The number of ether oxygens (including phenoxy) is 1. The van der Waals surface area contributed by atoms with E-state index in [9.17, 15) is 4.39 Å². The van der Waals surface area contributed by atoms with Crippen LogP contribution in [-0.4, -0.2) is 38.3 Å². The molecule has 0 saturated carbocycles. The Morgan fingerprint density at radius 3 is 3.00 bits per heavy atom. The first-order chi connectivity index (χ1) is 15.2. The maximum atomic E-state index is 13.1. The first-order valence-electron chi connectivity index (χ1n) is 10.0. The molecule has 4 aromatic rings. The molecule has 0 amide bonds. The average Bonchev–Trinajstić information content (AvgIpc) is 3.50. The number of aromatic nitrogens is 5. The van der Waals surface area contributed by atoms with Crippen molar-refractivity contribution in [2.24, 2.45) is 0 Å². The summed E-state index contributed by atoms with van der Waals surface area (Å²) in [6, 6.07) is 6.43. The third kappa shape index (κ3) is 3.38. The van der Waals surface area contributed by atoms with Gasteiger partial charge in [-0.25, -0.2) is 19.3 Å². The normalized spacial score (nSPS) is 14.4. The standard InChI is InChI=1S/C21H18FN7OS/c22-14-8-23-20(24-9-14)27-21-26-18-15-10-25-28-19(15)29(5-3-17(18)31-21)11-12-1-2-16-13(7-12)4-6-30-16/h1-2,7-10H,3-6,11H2,(H,25,28)(H,23,24,26,27). The second-order valence-corrected chi connectivity index (χ2v) is 8.57. The smallest absolute Gasteiger partial charge is 0.229 e. The van der Waals surface area contributed by atoms with Crippen molar-refractivity contribution < 1.29 is 9.13 Å². The van der Waals surface area contributed by atoms with Gasteiger partial charge < -0.3 is 15.0 Å². The van der Waals surface area contributed by atoms with Crippen molar-refractivity contribution in [3.63, 3.8) is 0 Å². The molecule has 2 aliphatic rings. The maximum absolute atomic E-state index is 13.1. The number of halogens is 1. The Bertz CT molecular complexity index is 1250. The third-order valence-electron chi connectivity index (χ3n) is 5.46. The Kier molecular flexibility index (Phi) is 4.30. The van der Waals surface area contributed by atoms with E-state index >= 15 is 0 Å². The quantitative estimate of drug-likeness (QED) is 0.505. The summed E-state index contributed by atoms with van der Waals surface area (Å²) in [7, 11) is 0. The molecular formula is C21H18FN7OS. The van der Waals surface area contributed by atoms with E-state index in [0.717, 1.165) is 72.6 Å². The van der Waals surface area contributed by atoms with Crippen LogP contribution in [0.3, 0.4) is 0 Å². The zero-order chi connectivity index (χ0) is 20.8. The molecule has 0 radical (unpaired) electrons. The number of thiazole rings is 1. The van der Waals surface area contributed by atoms with Gasteiger partial charge in [-0.15, -0.1) is 11.3 Å². The minimum absolute atomic E-state index is 0.319. The van der Waals surface area contributed by atoms with E-state index in [1.807, 2.05) is 6.20 Å². The molecule has 2 N–H and O–H groups in total. The van der Waals surface area contributed by atoms with Gasteiger partial charge in [-0.1, -0.05) is 12.1 Å². The topological polar surface area (TPSA) is 91.8 Å². The van der Waals surface area contributed by atoms with E-state index in [1.54, 1.807) is 11.3 Å². The average molecular weight is 435 g/mol. The molecule has 2 aliphatic heterocycles. The van der Waals surface area contributed by atoms with Crippen molar-refractivity contribution in [1.29, 1.82) is 0 Å². The van der Waals surface area contributed by atoms with E-state index in [-0.39, 0.29) is 0 Å². The van der Waals surface area contributed by atoms with E-state index < -0.39 is 5.82 Å². The summed E-state index contributed by atoms with van der Waals surface area (Å²) >= 11 is 1.56. The first-order valence-corrected chi connectivity index (χ1v) is 10.8. The van der Waals surface area contributed by atoms with Crippen LogP contribution in [0.15, 0.2) is 36.8 Å². The minimum Gasteiger partial charge on any atom is -0.493 e. The molecule has 0 unspecified atom stereocenters. The SMILES string of the molecule is Fc1cnc(Nc2nc3c(s2)CCN(Cc2ccc4c(c2)CCO4)c2[nH]ncc2-3)nc1. The van der Waals surface area contributed by atoms with Gasteiger partial charge in [-0.2, -0.15) is 5.10 Å². The Morgan fingerprint density at radius 2 is 2.10 bits per heavy atom. The van der Waals surface area contributed by atoms with Crippen molar-refractivity contribution in [2.75, 3.05) is 23.4 Å². The number of aromatic amines is 1. The lowest BCUT2D eigenvalue weighted by Crippen LogP contribution is -2.25. The predicted octanol–water partition coefficient (Wildman–Crippen LogP) is 3.70. The highest BCUT2D eigenvalue weighted by molar-refractivity contribution is 7.16. The van der Waals surface area contributed by atoms with Crippen molar-refractivity contribution in [3.05, 3.63) is 58.6 Å². The molecule has 31 heavy (non-hydrogen) atoms. The molecule has 3 aromatic heterocycles. The zero-order valence-corrected chi connectivity index (χ0v) is 17.2. The third-order valence-corrected chi connectivity index (χ3v) is 6.49. The molecule has 156 valence electrons. The molecule has 10 heteroatoms. The lowest BCUT2D eigenvalue weighted by molar-refractivity contribution is 0.357. The fourth-order valence-corrected chi connectivity index (χ4v) is 4.97. The van der Waals surface area contributed by atoms with Crippen LogP contribution < -0.4 is 15.0 Å². The van der Waals surface area contributed by atoms with E-state index in [4.69, 9.17) is 9.72 Å². The predicted molar refractivity (Wildman–Crippen MR) is 115 cm³/mol. The molecule has 5 heterocycles. The highest BCUT2D eigenvalue weighted by Crippen LogP contribution is 2.39. The van der Waals surface area contributed by atoms with Crippen LogP contribution in [0.5, 0.6) is 5.75 Å². The summed E-state index contributed by atoms with van der Waals surface area (Å²) in [6.45, 7) is 2.38. The van der Waals surface area contributed by atoms with Gasteiger partial charge in [-0.3, -0.25) is 5.10 Å². The van der Waals surface area contributed by atoms with Gasteiger partial charge in [0.25, 0.3) is 0 Å². The zero-order valence-electron chi connectivity index (χ0n) is 16.4. The van der Waals surface area contributed by atoms with Gasteiger partial charge in [0.05, 0.1) is 36.5 Å². The Balaban J connectivity index is 1.27. The minimum atomic E-state index is -0.473. The van der Waals surface area contributed by atoms with Crippen LogP contribution in [0.2, 0.25) is 0 Å². The number of hydrogen-bond donors (Lipinski definition) is 2. The number of hydrogen-bond acceptors (Lipinski definition) is 8. The summed E-state index contributed by atoms with van der Waals surface area (Å²) in [6.07, 6.45) is 5.90. The summed E-state index contributed by atoms with van der Waals surface area (Å²) < 4.78 is 18.7. The van der Waals surface area contributed by atoms with Crippen LogP contribution in [0.1, 0.15) is 16.0 Å². The summed E-state index contributed by atoms with van der Waals surface area (Å²) in [5, 5.41) is 11.2. The highest BCUT2D eigenvalue weighted by Gasteiger charge is 2.26. The molecule has 0 spiro atoms. The number of fused-ring (bicyclic) bond motifs is 4. The summed E-state index contributed by atoms with van der Waals surface area (Å²) in [4.78, 5) is 16.1.